The Kier molecular flexibility index (Phi) is 3.89. The van der Waals surface area contributed by atoms with Crippen LogP contribution < -0.4 is 10.6 Å². The van der Waals surface area contributed by atoms with Gasteiger partial charge in [0.05, 0.1) is 36.3 Å². The lowest BCUT2D eigenvalue weighted by molar-refractivity contribution is 0.172. The third-order valence-electron chi connectivity index (χ3n) is 4.26. The minimum absolute atomic E-state index is 0.250. The van der Waals surface area contributed by atoms with Crippen LogP contribution >= 0.6 is 0 Å². The third kappa shape index (κ3) is 3.48. The SMILES string of the molecule is C[C@@]1(NC(=O)Nc2cnn(Cc3cn4ccccc4n3)c2)CCOC1. The molecule has 8 nitrogen and oxygen atoms in total. The summed E-state index contributed by atoms with van der Waals surface area (Å²) in [5.74, 6) is 0. The van der Waals surface area contributed by atoms with Crippen molar-refractivity contribution in [2.75, 3.05) is 18.5 Å². The Morgan fingerprint density at radius 1 is 1.40 bits per heavy atom. The predicted molar refractivity (Wildman–Crippen MR) is 92.5 cm³/mol. The largest absolute Gasteiger partial charge is 0.379 e. The fraction of sp³-hybridized carbons (Fsp3) is 0.353. The van der Waals surface area contributed by atoms with Crippen LogP contribution in [0.2, 0.25) is 0 Å². The van der Waals surface area contributed by atoms with E-state index >= 15 is 0 Å². The molecule has 0 spiro atoms. The van der Waals surface area contributed by atoms with Gasteiger partial charge in [-0.15, -0.1) is 0 Å². The second kappa shape index (κ2) is 6.21. The molecule has 4 rings (SSSR count). The van der Waals surface area contributed by atoms with E-state index in [0.717, 1.165) is 17.8 Å². The van der Waals surface area contributed by atoms with E-state index in [0.29, 0.717) is 25.4 Å². The number of nitrogens with one attached hydrogen (secondary N) is 2. The van der Waals surface area contributed by atoms with Gasteiger partial charge in [0.25, 0.3) is 0 Å². The quantitative estimate of drug-likeness (QED) is 0.759. The first kappa shape index (κ1) is 15.6. The average molecular weight is 340 g/mol. The molecule has 1 aliphatic rings. The monoisotopic (exact) mass is 340 g/mol. The number of fused-ring (bicyclic) bond motifs is 1. The van der Waals surface area contributed by atoms with Gasteiger partial charge in [-0.2, -0.15) is 5.10 Å². The van der Waals surface area contributed by atoms with Gasteiger partial charge in [0.2, 0.25) is 0 Å². The van der Waals surface area contributed by atoms with Crippen molar-refractivity contribution >= 4 is 17.4 Å². The standard InChI is InChI=1S/C17H20N6O2/c1-17(5-7-25-12-17)21-16(24)20-13-8-18-23(10-13)11-14-9-22-6-3-2-4-15(22)19-14/h2-4,6,8-10H,5,7,11-12H2,1H3,(H2,20,21,24)/t17-/m1/s1. The van der Waals surface area contributed by atoms with Gasteiger partial charge in [-0.25, -0.2) is 9.78 Å². The molecule has 0 radical (unpaired) electrons. The van der Waals surface area contributed by atoms with Crippen molar-refractivity contribution in [3.63, 3.8) is 0 Å². The Bertz CT molecular complexity index is 860. The fourth-order valence-electron chi connectivity index (χ4n) is 2.95. The summed E-state index contributed by atoms with van der Waals surface area (Å²) >= 11 is 0. The molecule has 2 amide bonds. The van der Waals surface area contributed by atoms with E-state index in [1.807, 2.05) is 41.9 Å². The number of hydrogen-bond acceptors (Lipinski definition) is 4. The van der Waals surface area contributed by atoms with Crippen LogP contribution in [0.15, 0.2) is 43.0 Å². The van der Waals surface area contributed by atoms with E-state index in [1.54, 1.807) is 17.1 Å². The molecular formula is C17H20N6O2. The summed E-state index contributed by atoms with van der Waals surface area (Å²) in [5, 5.41) is 10.0. The lowest BCUT2D eigenvalue weighted by Gasteiger charge is -2.23. The maximum atomic E-state index is 12.1. The van der Waals surface area contributed by atoms with Gasteiger partial charge in [-0.1, -0.05) is 6.07 Å². The molecule has 3 aromatic heterocycles. The van der Waals surface area contributed by atoms with Crippen molar-refractivity contribution in [3.05, 3.63) is 48.7 Å². The van der Waals surface area contributed by atoms with E-state index in [-0.39, 0.29) is 11.6 Å². The van der Waals surface area contributed by atoms with Crippen molar-refractivity contribution in [2.45, 2.75) is 25.4 Å². The number of nitrogens with zero attached hydrogens (tertiary/aromatic N) is 4. The van der Waals surface area contributed by atoms with Crippen LogP contribution in [0.5, 0.6) is 0 Å². The zero-order valence-corrected chi connectivity index (χ0v) is 14.0. The van der Waals surface area contributed by atoms with Crippen LogP contribution in [0.25, 0.3) is 5.65 Å². The Morgan fingerprint density at radius 3 is 3.12 bits per heavy atom. The second-order valence-electron chi connectivity index (χ2n) is 6.57. The van der Waals surface area contributed by atoms with E-state index in [2.05, 4.69) is 20.7 Å². The highest BCUT2D eigenvalue weighted by Gasteiger charge is 2.31. The lowest BCUT2D eigenvalue weighted by atomic mass is 10.0. The van der Waals surface area contributed by atoms with Gasteiger partial charge in [0.1, 0.15) is 5.65 Å². The molecule has 3 aromatic rings. The highest BCUT2D eigenvalue weighted by atomic mass is 16.5. The molecule has 1 aliphatic heterocycles. The molecule has 130 valence electrons. The van der Waals surface area contributed by atoms with Gasteiger partial charge in [-0.05, 0) is 25.5 Å². The van der Waals surface area contributed by atoms with Crippen molar-refractivity contribution in [1.82, 2.24) is 24.5 Å². The molecular weight excluding hydrogens is 320 g/mol. The summed E-state index contributed by atoms with van der Waals surface area (Å²) in [6, 6.07) is 5.62. The summed E-state index contributed by atoms with van der Waals surface area (Å²) in [6.45, 7) is 3.73. The maximum Gasteiger partial charge on any atom is 0.319 e. The van der Waals surface area contributed by atoms with Crippen LogP contribution in [-0.4, -0.2) is 43.9 Å². The summed E-state index contributed by atoms with van der Waals surface area (Å²) in [7, 11) is 0. The zero-order valence-electron chi connectivity index (χ0n) is 14.0. The number of anilines is 1. The molecule has 1 atom stereocenters. The molecule has 2 N–H and O–H groups in total. The first-order valence-corrected chi connectivity index (χ1v) is 8.22. The highest BCUT2D eigenvalue weighted by Crippen LogP contribution is 2.17. The van der Waals surface area contributed by atoms with E-state index in [1.165, 1.54) is 0 Å². The Morgan fingerprint density at radius 2 is 2.32 bits per heavy atom. The number of rotatable bonds is 4. The number of carbonyl (C=O) groups is 1. The van der Waals surface area contributed by atoms with E-state index < -0.39 is 0 Å². The predicted octanol–water partition coefficient (Wildman–Crippen LogP) is 1.88. The number of amides is 2. The molecule has 0 aromatic carbocycles. The van der Waals surface area contributed by atoms with E-state index in [4.69, 9.17) is 4.74 Å². The minimum atomic E-state index is -0.309. The van der Waals surface area contributed by atoms with E-state index in [9.17, 15) is 4.79 Å². The van der Waals surface area contributed by atoms with Gasteiger partial charge >= 0.3 is 6.03 Å². The summed E-state index contributed by atoms with van der Waals surface area (Å²) in [6.07, 6.45) is 8.16. The van der Waals surface area contributed by atoms with Gasteiger partial charge in [-0.3, -0.25) is 4.68 Å². The zero-order chi connectivity index (χ0) is 17.3. The molecule has 4 heterocycles. The number of aromatic nitrogens is 4. The first-order valence-electron chi connectivity index (χ1n) is 8.22. The lowest BCUT2D eigenvalue weighted by Crippen LogP contribution is -2.48. The summed E-state index contributed by atoms with van der Waals surface area (Å²) in [4.78, 5) is 16.7. The highest BCUT2D eigenvalue weighted by molar-refractivity contribution is 5.89. The molecule has 1 fully saturated rings. The second-order valence-corrected chi connectivity index (χ2v) is 6.57. The Balaban J connectivity index is 1.39. The van der Waals surface area contributed by atoms with Crippen LogP contribution in [0.4, 0.5) is 10.5 Å². The van der Waals surface area contributed by atoms with Crippen LogP contribution in [0, 0.1) is 0 Å². The molecule has 0 unspecified atom stereocenters. The van der Waals surface area contributed by atoms with Crippen molar-refractivity contribution in [1.29, 1.82) is 0 Å². The van der Waals surface area contributed by atoms with Crippen LogP contribution in [0.3, 0.4) is 0 Å². The summed E-state index contributed by atoms with van der Waals surface area (Å²) < 4.78 is 9.05. The smallest absolute Gasteiger partial charge is 0.319 e. The molecule has 1 saturated heterocycles. The molecule has 25 heavy (non-hydrogen) atoms. The molecule has 0 bridgehead atoms. The third-order valence-corrected chi connectivity index (χ3v) is 4.26. The first-order chi connectivity index (χ1) is 12.1. The normalized spacial score (nSPS) is 20.0. The summed E-state index contributed by atoms with van der Waals surface area (Å²) in [5.41, 5.74) is 2.13. The van der Waals surface area contributed by atoms with Crippen molar-refractivity contribution in [3.8, 4) is 0 Å². The van der Waals surface area contributed by atoms with Crippen LogP contribution in [0.1, 0.15) is 19.0 Å². The number of ether oxygens (including phenoxy) is 1. The topological polar surface area (TPSA) is 85.5 Å². The number of carbonyl (C=O) groups excluding carboxylic acids is 1. The number of pyridine rings is 1. The number of urea groups is 1. The maximum absolute atomic E-state index is 12.1. The van der Waals surface area contributed by atoms with Gasteiger partial charge in [0, 0.05) is 25.2 Å². The number of hydrogen-bond donors (Lipinski definition) is 2. The van der Waals surface area contributed by atoms with Crippen molar-refractivity contribution < 1.29 is 9.53 Å². The van der Waals surface area contributed by atoms with Gasteiger partial charge in [0.15, 0.2) is 0 Å². The molecule has 8 heteroatoms. The molecule has 0 aliphatic carbocycles. The minimum Gasteiger partial charge on any atom is -0.379 e. The fourth-order valence-corrected chi connectivity index (χ4v) is 2.95. The van der Waals surface area contributed by atoms with Crippen molar-refractivity contribution in [2.24, 2.45) is 0 Å². The van der Waals surface area contributed by atoms with Crippen LogP contribution in [-0.2, 0) is 11.3 Å². The van der Waals surface area contributed by atoms with Gasteiger partial charge < -0.3 is 19.8 Å². The number of imidazole rings is 1. The molecule has 0 saturated carbocycles. The average Bonchev–Trinajstić information content (AvgIpc) is 3.27. The Labute approximate surface area is 144 Å². The Hall–Kier alpha value is -2.87.